The third-order valence-electron chi connectivity index (χ3n) is 3.89. The number of nitrogens with one attached hydrogen (secondary N) is 1. The van der Waals surface area contributed by atoms with E-state index in [-0.39, 0.29) is 5.91 Å². The van der Waals surface area contributed by atoms with Gasteiger partial charge in [0.2, 0.25) is 11.0 Å². The maximum absolute atomic E-state index is 12.2. The van der Waals surface area contributed by atoms with Gasteiger partial charge in [0.05, 0.1) is 0 Å². The number of aromatic nitrogens is 4. The van der Waals surface area contributed by atoms with E-state index in [2.05, 4.69) is 32.4 Å². The van der Waals surface area contributed by atoms with Crippen LogP contribution in [-0.4, -0.2) is 32.3 Å². The molecule has 0 spiro atoms. The fourth-order valence-corrected chi connectivity index (χ4v) is 3.77. The molecule has 1 N–H and O–H groups in total. The number of carbonyl (C=O) groups is 1. The lowest BCUT2D eigenvalue weighted by atomic mass is 10.1. The molecule has 0 unspecified atom stereocenters. The zero-order valence-corrected chi connectivity index (χ0v) is 16.9. The van der Waals surface area contributed by atoms with E-state index in [4.69, 9.17) is 0 Å². The van der Waals surface area contributed by atoms with Crippen molar-refractivity contribution in [2.45, 2.75) is 64.5 Å². The third-order valence-corrected chi connectivity index (χ3v) is 5.34. The number of nitrogens with zero attached hydrogens (tertiary/aromatic N) is 4. The summed E-state index contributed by atoms with van der Waals surface area (Å²) in [5, 5.41) is 13.4. The minimum Gasteiger partial charge on any atom is -0.301 e. The van der Waals surface area contributed by atoms with Gasteiger partial charge in [-0.25, -0.2) is 9.97 Å². The van der Waals surface area contributed by atoms with Crippen molar-refractivity contribution in [2.75, 3.05) is 11.6 Å². The second kappa shape index (κ2) is 9.82. The summed E-state index contributed by atoms with van der Waals surface area (Å²) in [6, 6.07) is 0. The molecule has 0 fully saturated rings. The van der Waals surface area contributed by atoms with Crippen LogP contribution in [0.1, 0.15) is 54.6 Å². The highest BCUT2D eigenvalue weighted by Crippen LogP contribution is 2.19. The zero-order chi connectivity index (χ0) is 18.2. The van der Waals surface area contributed by atoms with Crippen molar-refractivity contribution >= 4 is 34.1 Å². The van der Waals surface area contributed by atoms with E-state index in [0.29, 0.717) is 18.0 Å². The molecule has 1 amide bonds. The molecule has 0 aliphatic carbocycles. The Morgan fingerprint density at radius 2 is 1.84 bits per heavy atom. The Hall–Kier alpha value is -1.54. The molecule has 136 valence electrons. The predicted molar refractivity (Wildman–Crippen MR) is 103 cm³/mol. The molecule has 0 saturated carbocycles. The van der Waals surface area contributed by atoms with Crippen molar-refractivity contribution < 1.29 is 4.79 Å². The Kier molecular flexibility index (Phi) is 7.77. The van der Waals surface area contributed by atoms with Crippen molar-refractivity contribution in [3.63, 3.8) is 0 Å². The molecule has 25 heavy (non-hydrogen) atoms. The first kappa shape index (κ1) is 19.8. The first-order valence-corrected chi connectivity index (χ1v) is 10.6. The Morgan fingerprint density at radius 1 is 1.12 bits per heavy atom. The SMILES string of the molecule is CCCCCc1nnc(NC(=O)CCc2c(C)nc(SC)nc2C)s1. The molecule has 0 bridgehead atoms. The van der Waals surface area contributed by atoms with Crippen LogP contribution in [0.4, 0.5) is 5.13 Å². The van der Waals surface area contributed by atoms with Crippen molar-refractivity contribution in [1.29, 1.82) is 0 Å². The van der Waals surface area contributed by atoms with Crippen molar-refractivity contribution in [3.8, 4) is 0 Å². The lowest BCUT2D eigenvalue weighted by molar-refractivity contribution is -0.116. The van der Waals surface area contributed by atoms with Crippen LogP contribution in [-0.2, 0) is 17.6 Å². The number of rotatable bonds is 9. The third kappa shape index (κ3) is 6.04. The summed E-state index contributed by atoms with van der Waals surface area (Å²) in [4.78, 5) is 21.1. The van der Waals surface area contributed by atoms with E-state index in [9.17, 15) is 4.79 Å². The number of anilines is 1. The highest BCUT2D eigenvalue weighted by Gasteiger charge is 2.12. The van der Waals surface area contributed by atoms with Gasteiger partial charge in [-0.05, 0) is 38.5 Å². The van der Waals surface area contributed by atoms with E-state index >= 15 is 0 Å². The Bertz CT molecular complexity index is 694. The fourth-order valence-electron chi connectivity index (χ4n) is 2.51. The molecule has 2 rings (SSSR count). The lowest BCUT2D eigenvalue weighted by Gasteiger charge is -2.09. The molecule has 6 nitrogen and oxygen atoms in total. The summed E-state index contributed by atoms with van der Waals surface area (Å²) in [6.45, 7) is 6.11. The molecule has 0 aliphatic heterocycles. The summed E-state index contributed by atoms with van der Waals surface area (Å²) >= 11 is 2.99. The summed E-state index contributed by atoms with van der Waals surface area (Å²) < 4.78 is 0. The molecule has 8 heteroatoms. The molecule has 0 atom stereocenters. The molecule has 0 radical (unpaired) electrons. The molecule has 0 saturated heterocycles. The van der Waals surface area contributed by atoms with E-state index in [0.717, 1.165) is 40.0 Å². The van der Waals surface area contributed by atoms with E-state index in [1.165, 1.54) is 35.9 Å². The number of amides is 1. The van der Waals surface area contributed by atoms with Crippen LogP contribution < -0.4 is 5.32 Å². The second-order valence-corrected chi connectivity index (χ2v) is 7.70. The van der Waals surface area contributed by atoms with Crippen molar-refractivity contribution in [3.05, 3.63) is 22.0 Å². The highest BCUT2D eigenvalue weighted by atomic mass is 32.2. The van der Waals surface area contributed by atoms with E-state index in [1.54, 1.807) is 0 Å². The minimum atomic E-state index is -0.0519. The Morgan fingerprint density at radius 3 is 2.48 bits per heavy atom. The maximum atomic E-state index is 12.2. The predicted octanol–water partition coefficient (Wildman–Crippen LogP) is 3.97. The van der Waals surface area contributed by atoms with Gasteiger partial charge in [0, 0.05) is 24.2 Å². The van der Waals surface area contributed by atoms with Crippen LogP contribution in [0.5, 0.6) is 0 Å². The van der Waals surface area contributed by atoms with Crippen molar-refractivity contribution in [1.82, 2.24) is 20.2 Å². The monoisotopic (exact) mass is 379 g/mol. The van der Waals surface area contributed by atoms with Crippen LogP contribution in [0.25, 0.3) is 0 Å². The number of hydrogen-bond donors (Lipinski definition) is 1. The largest absolute Gasteiger partial charge is 0.301 e. The van der Waals surface area contributed by atoms with Gasteiger partial charge < -0.3 is 5.32 Å². The Balaban J connectivity index is 1.87. The standard InChI is InChI=1S/C17H25N5OS2/c1-5-6-7-8-15-21-22-17(25-15)20-14(23)10-9-13-11(2)18-16(24-4)19-12(13)3/h5-10H2,1-4H3,(H,20,22,23). The normalized spacial score (nSPS) is 10.9. The summed E-state index contributed by atoms with van der Waals surface area (Å²) in [5.74, 6) is -0.0519. The average Bonchev–Trinajstić information content (AvgIpc) is 3.01. The summed E-state index contributed by atoms with van der Waals surface area (Å²) in [6.07, 6.45) is 7.39. The van der Waals surface area contributed by atoms with Crippen LogP contribution in [0.3, 0.4) is 0 Å². The average molecular weight is 380 g/mol. The molecule has 2 aromatic rings. The van der Waals surface area contributed by atoms with Gasteiger partial charge in [0.1, 0.15) is 5.01 Å². The lowest BCUT2D eigenvalue weighted by Crippen LogP contribution is -2.13. The first-order chi connectivity index (χ1) is 12.0. The number of aryl methyl sites for hydroxylation is 3. The molecular weight excluding hydrogens is 354 g/mol. The van der Waals surface area contributed by atoms with Crippen molar-refractivity contribution in [2.24, 2.45) is 0 Å². The quantitative estimate of drug-likeness (QED) is 0.403. The van der Waals surface area contributed by atoms with Crippen LogP contribution in [0.2, 0.25) is 0 Å². The van der Waals surface area contributed by atoms with Gasteiger partial charge >= 0.3 is 0 Å². The number of carbonyl (C=O) groups excluding carboxylic acids is 1. The van der Waals surface area contributed by atoms with Gasteiger partial charge in [-0.1, -0.05) is 42.9 Å². The molecular formula is C17H25N5OS2. The van der Waals surface area contributed by atoms with Crippen LogP contribution in [0, 0.1) is 13.8 Å². The highest BCUT2D eigenvalue weighted by molar-refractivity contribution is 7.98. The molecule has 0 aromatic carbocycles. The van der Waals surface area contributed by atoms with E-state index < -0.39 is 0 Å². The summed E-state index contributed by atoms with van der Waals surface area (Å²) in [7, 11) is 0. The van der Waals surface area contributed by atoms with E-state index in [1.807, 2.05) is 20.1 Å². The van der Waals surface area contributed by atoms with Gasteiger partial charge in [-0.2, -0.15) is 0 Å². The van der Waals surface area contributed by atoms with Crippen LogP contribution in [0.15, 0.2) is 5.16 Å². The van der Waals surface area contributed by atoms with Gasteiger partial charge in [0.25, 0.3) is 0 Å². The smallest absolute Gasteiger partial charge is 0.226 e. The number of unbranched alkanes of at least 4 members (excludes halogenated alkanes) is 2. The maximum Gasteiger partial charge on any atom is 0.226 e. The fraction of sp³-hybridized carbons (Fsp3) is 0.588. The molecule has 2 aromatic heterocycles. The second-order valence-electron chi connectivity index (χ2n) is 5.87. The number of thioether (sulfide) groups is 1. The van der Waals surface area contributed by atoms with Gasteiger partial charge in [0.15, 0.2) is 5.16 Å². The first-order valence-electron chi connectivity index (χ1n) is 8.53. The molecule has 0 aliphatic rings. The zero-order valence-electron chi connectivity index (χ0n) is 15.3. The Labute approximate surface area is 157 Å². The van der Waals surface area contributed by atoms with Gasteiger partial charge in [-0.15, -0.1) is 10.2 Å². The van der Waals surface area contributed by atoms with Crippen LogP contribution >= 0.6 is 23.1 Å². The topological polar surface area (TPSA) is 80.7 Å². The van der Waals surface area contributed by atoms with Gasteiger partial charge in [-0.3, -0.25) is 4.79 Å². The number of hydrogen-bond acceptors (Lipinski definition) is 7. The minimum absolute atomic E-state index is 0.0519. The molecule has 2 heterocycles. The summed E-state index contributed by atoms with van der Waals surface area (Å²) in [5.41, 5.74) is 2.93.